The second kappa shape index (κ2) is 13.7. The molecule has 2 aromatic carbocycles. The largest absolute Gasteiger partial charge is 0.264 e. The van der Waals surface area contributed by atoms with Crippen molar-refractivity contribution < 1.29 is 0 Å². The molecule has 0 fully saturated rings. The number of hydrogen-bond acceptors (Lipinski definition) is 8. The summed E-state index contributed by atoms with van der Waals surface area (Å²) in [6.45, 7) is 0. The predicted molar refractivity (Wildman–Crippen MR) is 155 cm³/mol. The predicted octanol–water partition coefficient (Wildman–Crippen LogP) is 7.43. The topological polar surface area (TPSA) is 75.2 Å². The number of benzene rings is 2. The molecule has 0 aliphatic rings. The summed E-state index contributed by atoms with van der Waals surface area (Å²) in [7, 11) is 2.83. The summed E-state index contributed by atoms with van der Waals surface area (Å²) < 4.78 is 0. The average Bonchev–Trinajstić information content (AvgIpc) is 2.92. The zero-order chi connectivity index (χ0) is 25.0. The molecule has 10 heteroatoms. The second-order valence-electron chi connectivity index (χ2n) is 7.05. The Hall–Kier alpha value is -3.30. The lowest BCUT2D eigenvalue weighted by molar-refractivity contribution is 1.25. The lowest BCUT2D eigenvalue weighted by atomic mass is 10.2. The summed E-state index contributed by atoms with van der Waals surface area (Å²) in [6.07, 6.45) is 10.2. The summed E-state index contributed by atoms with van der Waals surface area (Å²) in [5.74, 6) is 0. The summed E-state index contributed by atoms with van der Waals surface area (Å²) in [6, 6.07) is 22.3. The van der Waals surface area contributed by atoms with Gasteiger partial charge in [0.2, 0.25) is 0 Å². The molecule has 0 aliphatic carbocycles. The normalized spacial score (nSPS) is 12.5. The van der Waals surface area contributed by atoms with Gasteiger partial charge in [0.1, 0.15) is 10.1 Å². The summed E-state index contributed by atoms with van der Waals surface area (Å²) in [5.41, 5.74) is 3.44. The first-order valence-electron chi connectivity index (χ1n) is 10.6. The van der Waals surface area contributed by atoms with Crippen LogP contribution in [-0.2, 0) is 0 Å². The molecule has 0 radical (unpaired) electrons. The molecule has 4 rings (SSSR count). The van der Waals surface area contributed by atoms with Crippen molar-refractivity contribution >= 4 is 67.3 Å². The Labute approximate surface area is 226 Å². The first-order chi connectivity index (χ1) is 17.7. The SMILES string of the molecule is Clc1ccc(C(=NN=Cc2cccnc2)SSC(=NN=Cc2cccnc2)c2ccc(Cl)cc2)cc1. The van der Waals surface area contributed by atoms with E-state index in [1.165, 1.54) is 21.6 Å². The van der Waals surface area contributed by atoms with E-state index in [1.807, 2.05) is 72.8 Å². The molecule has 0 saturated carbocycles. The molecular formula is C26H18Cl2N6S2. The van der Waals surface area contributed by atoms with Crippen molar-refractivity contribution in [3.8, 4) is 0 Å². The lowest BCUT2D eigenvalue weighted by Crippen LogP contribution is -1.98. The first-order valence-corrected chi connectivity index (χ1v) is 13.5. The number of hydrogen-bond donors (Lipinski definition) is 0. The van der Waals surface area contributed by atoms with Gasteiger partial charge in [-0.1, -0.05) is 59.6 Å². The Bertz CT molecular complexity index is 1270. The van der Waals surface area contributed by atoms with Crippen LogP contribution in [0.1, 0.15) is 22.3 Å². The molecule has 4 aromatic rings. The number of halogens is 2. The maximum atomic E-state index is 6.09. The molecule has 36 heavy (non-hydrogen) atoms. The van der Waals surface area contributed by atoms with Crippen LogP contribution in [0, 0.1) is 0 Å². The van der Waals surface area contributed by atoms with E-state index in [1.54, 1.807) is 37.2 Å². The van der Waals surface area contributed by atoms with E-state index in [2.05, 4.69) is 30.4 Å². The van der Waals surface area contributed by atoms with Gasteiger partial charge < -0.3 is 0 Å². The molecule has 178 valence electrons. The highest BCUT2D eigenvalue weighted by atomic mass is 35.5. The van der Waals surface area contributed by atoms with Gasteiger partial charge in [-0.25, -0.2) is 0 Å². The van der Waals surface area contributed by atoms with Gasteiger partial charge in [-0.15, -0.1) is 10.2 Å². The molecule has 0 unspecified atom stereocenters. The van der Waals surface area contributed by atoms with E-state index in [0.29, 0.717) is 20.1 Å². The summed E-state index contributed by atoms with van der Waals surface area (Å²) in [5, 5.41) is 20.1. The van der Waals surface area contributed by atoms with Crippen molar-refractivity contribution in [2.75, 3.05) is 0 Å². The highest BCUT2D eigenvalue weighted by Gasteiger charge is 2.12. The van der Waals surface area contributed by atoms with Crippen LogP contribution in [0.3, 0.4) is 0 Å². The van der Waals surface area contributed by atoms with Crippen LogP contribution in [0.4, 0.5) is 0 Å². The monoisotopic (exact) mass is 548 g/mol. The van der Waals surface area contributed by atoms with Crippen LogP contribution >= 0.6 is 44.8 Å². The molecule has 0 aliphatic heterocycles. The molecule has 0 N–H and O–H groups in total. The molecular weight excluding hydrogens is 531 g/mol. The van der Waals surface area contributed by atoms with E-state index in [0.717, 1.165) is 22.3 Å². The minimum atomic E-state index is 0.641. The van der Waals surface area contributed by atoms with Gasteiger partial charge >= 0.3 is 0 Å². The van der Waals surface area contributed by atoms with Crippen molar-refractivity contribution in [1.29, 1.82) is 0 Å². The van der Waals surface area contributed by atoms with Crippen molar-refractivity contribution in [1.82, 2.24) is 9.97 Å². The summed E-state index contributed by atoms with van der Waals surface area (Å²) in [4.78, 5) is 8.19. The van der Waals surface area contributed by atoms with E-state index in [9.17, 15) is 0 Å². The Kier molecular flexibility index (Phi) is 9.81. The molecule has 0 bridgehead atoms. The van der Waals surface area contributed by atoms with Crippen molar-refractivity contribution in [3.05, 3.63) is 130 Å². The number of pyridine rings is 2. The number of nitrogens with zero attached hydrogens (tertiary/aromatic N) is 6. The number of aromatic nitrogens is 2. The third-order valence-electron chi connectivity index (χ3n) is 4.46. The fourth-order valence-corrected chi connectivity index (χ4v) is 5.00. The number of rotatable bonds is 6. The van der Waals surface area contributed by atoms with Crippen LogP contribution in [-0.4, -0.2) is 32.5 Å². The van der Waals surface area contributed by atoms with Gasteiger partial charge in [0.25, 0.3) is 0 Å². The van der Waals surface area contributed by atoms with E-state index < -0.39 is 0 Å². The van der Waals surface area contributed by atoms with Gasteiger partial charge in [-0.05, 0) is 58.0 Å². The van der Waals surface area contributed by atoms with Crippen LogP contribution in [0.5, 0.6) is 0 Å². The van der Waals surface area contributed by atoms with Crippen LogP contribution in [0.2, 0.25) is 10.0 Å². The molecule has 2 aromatic heterocycles. The third-order valence-corrected chi connectivity index (χ3v) is 7.20. The zero-order valence-corrected chi connectivity index (χ0v) is 21.8. The smallest absolute Gasteiger partial charge is 0.137 e. The molecule has 0 spiro atoms. The maximum absolute atomic E-state index is 6.09. The quantitative estimate of drug-likeness (QED) is 0.109. The Morgan fingerprint density at radius 3 is 1.39 bits per heavy atom. The molecule has 0 saturated heterocycles. The fraction of sp³-hybridized carbons (Fsp3) is 0. The standard InChI is InChI=1S/C26H18Cl2N6S2/c27-23-9-5-21(6-10-23)25(33-31-17-19-3-1-13-29-15-19)35-36-26(22-7-11-24(28)12-8-22)34-32-18-20-4-2-14-30-16-20/h1-18H. The van der Waals surface area contributed by atoms with Crippen LogP contribution in [0.25, 0.3) is 0 Å². The molecule has 0 atom stereocenters. The first kappa shape index (κ1) is 25.8. The highest BCUT2D eigenvalue weighted by molar-refractivity contribution is 8.87. The highest BCUT2D eigenvalue weighted by Crippen LogP contribution is 2.32. The zero-order valence-electron chi connectivity index (χ0n) is 18.6. The van der Waals surface area contributed by atoms with E-state index in [-0.39, 0.29) is 0 Å². The Balaban J connectivity index is 1.60. The van der Waals surface area contributed by atoms with Crippen LogP contribution in [0.15, 0.2) is 118 Å². The van der Waals surface area contributed by atoms with Crippen LogP contribution < -0.4 is 0 Å². The van der Waals surface area contributed by atoms with E-state index in [4.69, 9.17) is 23.2 Å². The lowest BCUT2D eigenvalue weighted by Gasteiger charge is -2.07. The minimum Gasteiger partial charge on any atom is -0.264 e. The Morgan fingerprint density at radius 1 is 0.611 bits per heavy atom. The van der Waals surface area contributed by atoms with Gasteiger partial charge in [0.15, 0.2) is 0 Å². The van der Waals surface area contributed by atoms with Crippen molar-refractivity contribution in [3.63, 3.8) is 0 Å². The fourth-order valence-electron chi connectivity index (χ4n) is 2.71. The van der Waals surface area contributed by atoms with Crippen molar-refractivity contribution in [2.45, 2.75) is 0 Å². The second-order valence-corrected chi connectivity index (χ2v) is 10.0. The maximum Gasteiger partial charge on any atom is 0.137 e. The average molecular weight is 550 g/mol. The molecule has 0 amide bonds. The summed E-state index contributed by atoms with van der Waals surface area (Å²) >= 11 is 12.2. The third kappa shape index (κ3) is 8.13. The minimum absolute atomic E-state index is 0.641. The molecule has 6 nitrogen and oxygen atoms in total. The Morgan fingerprint density at radius 2 is 1.03 bits per heavy atom. The molecule has 2 heterocycles. The van der Waals surface area contributed by atoms with E-state index >= 15 is 0 Å². The van der Waals surface area contributed by atoms with Gasteiger partial charge in [-0.3, -0.25) is 9.97 Å². The van der Waals surface area contributed by atoms with Gasteiger partial charge in [0.05, 0.1) is 12.4 Å². The van der Waals surface area contributed by atoms with Crippen molar-refractivity contribution in [2.24, 2.45) is 20.4 Å². The van der Waals surface area contributed by atoms with Gasteiger partial charge in [-0.2, -0.15) is 10.2 Å². The van der Waals surface area contributed by atoms with Gasteiger partial charge in [0, 0.05) is 57.1 Å².